The number of carbonyl (C=O) groups excluding carboxylic acids is 2. The molecule has 2 aromatic heterocycles. The average Bonchev–Trinajstić information content (AvgIpc) is 3.23. The van der Waals surface area contributed by atoms with E-state index in [1.807, 2.05) is 0 Å². The molecule has 0 saturated carbocycles. The van der Waals surface area contributed by atoms with E-state index in [2.05, 4.69) is 31.1 Å². The summed E-state index contributed by atoms with van der Waals surface area (Å²) in [6.45, 7) is 1.59. The highest BCUT2D eigenvalue weighted by Crippen LogP contribution is 2.23. The summed E-state index contributed by atoms with van der Waals surface area (Å²) >= 11 is 0. The van der Waals surface area contributed by atoms with Crippen LogP contribution in [0.25, 0.3) is 11.1 Å². The number of aromatic amines is 1. The molecular formula is C21H21FN6O2. The Balaban J connectivity index is 1.47. The lowest BCUT2D eigenvalue weighted by Gasteiger charge is -2.21. The van der Waals surface area contributed by atoms with E-state index in [1.54, 1.807) is 24.4 Å². The number of amides is 2. The molecule has 1 saturated heterocycles. The highest BCUT2D eigenvalue weighted by molar-refractivity contribution is 6.08. The van der Waals surface area contributed by atoms with Crippen molar-refractivity contribution >= 4 is 23.2 Å². The fourth-order valence-corrected chi connectivity index (χ4v) is 3.40. The molecule has 30 heavy (non-hydrogen) atoms. The van der Waals surface area contributed by atoms with Crippen molar-refractivity contribution in [2.24, 2.45) is 5.92 Å². The van der Waals surface area contributed by atoms with Crippen molar-refractivity contribution in [3.05, 3.63) is 60.4 Å². The van der Waals surface area contributed by atoms with Gasteiger partial charge in [0.25, 0.3) is 5.91 Å². The molecule has 1 aliphatic rings. The third-order valence-electron chi connectivity index (χ3n) is 4.98. The Morgan fingerprint density at radius 1 is 1.07 bits per heavy atom. The van der Waals surface area contributed by atoms with Crippen molar-refractivity contribution < 1.29 is 14.0 Å². The Bertz CT molecular complexity index is 1060. The maximum absolute atomic E-state index is 13.5. The number of rotatable bonds is 5. The topological polar surface area (TPSA) is 112 Å². The maximum Gasteiger partial charge on any atom is 0.278 e. The highest BCUT2D eigenvalue weighted by Gasteiger charge is 2.24. The van der Waals surface area contributed by atoms with Crippen molar-refractivity contribution in [3.63, 3.8) is 0 Å². The van der Waals surface area contributed by atoms with Crippen LogP contribution in [0.3, 0.4) is 0 Å². The Hall–Kier alpha value is -3.59. The number of anilines is 2. The molecule has 4 rings (SSSR count). The summed E-state index contributed by atoms with van der Waals surface area (Å²) in [5, 5.41) is 15.3. The van der Waals surface area contributed by atoms with Crippen molar-refractivity contribution in [1.82, 2.24) is 20.5 Å². The fourth-order valence-electron chi connectivity index (χ4n) is 3.40. The third-order valence-corrected chi connectivity index (χ3v) is 4.98. The minimum Gasteiger partial charge on any atom is -0.323 e. The number of halogens is 1. The number of hydrogen-bond donors (Lipinski definition) is 4. The van der Waals surface area contributed by atoms with Gasteiger partial charge in [0, 0.05) is 23.9 Å². The van der Waals surface area contributed by atoms with Gasteiger partial charge in [-0.25, -0.2) is 4.39 Å². The normalized spacial score (nSPS) is 14.3. The standard InChI is InChI=1S/C21H21FN6O2/c22-16-3-1-2-14(8-16)15-9-17(11-24-10-15)26-21(30)19-18(12-25-28-19)27-20(29)13-4-6-23-7-5-13/h1-3,8-13,23H,4-7H2,(H,25,28)(H,26,30)(H,27,29). The van der Waals surface area contributed by atoms with Gasteiger partial charge in [0.1, 0.15) is 5.82 Å². The van der Waals surface area contributed by atoms with Crippen LogP contribution in [0.15, 0.2) is 48.9 Å². The summed E-state index contributed by atoms with van der Waals surface area (Å²) in [5.74, 6) is -1.06. The number of nitrogens with zero attached hydrogens (tertiary/aromatic N) is 2. The van der Waals surface area contributed by atoms with Gasteiger partial charge in [-0.05, 0) is 49.7 Å². The molecule has 1 aromatic carbocycles. The second-order valence-electron chi connectivity index (χ2n) is 7.09. The van der Waals surface area contributed by atoms with Crippen LogP contribution >= 0.6 is 0 Å². The minimum absolute atomic E-state index is 0.0773. The summed E-state index contributed by atoms with van der Waals surface area (Å²) in [7, 11) is 0. The summed E-state index contributed by atoms with van der Waals surface area (Å²) in [5.41, 5.74) is 2.14. The molecule has 1 fully saturated rings. The molecule has 0 atom stereocenters. The van der Waals surface area contributed by atoms with E-state index < -0.39 is 5.91 Å². The van der Waals surface area contributed by atoms with Gasteiger partial charge in [-0.15, -0.1) is 0 Å². The third kappa shape index (κ3) is 4.52. The molecule has 2 amide bonds. The van der Waals surface area contributed by atoms with E-state index in [4.69, 9.17) is 0 Å². The lowest BCUT2D eigenvalue weighted by Crippen LogP contribution is -2.34. The van der Waals surface area contributed by atoms with Crippen molar-refractivity contribution in [1.29, 1.82) is 0 Å². The minimum atomic E-state index is -0.491. The quantitative estimate of drug-likeness (QED) is 0.519. The first-order valence-corrected chi connectivity index (χ1v) is 9.68. The summed E-state index contributed by atoms with van der Waals surface area (Å²) in [6.07, 6.45) is 6.06. The van der Waals surface area contributed by atoms with Crippen molar-refractivity contribution in [2.75, 3.05) is 23.7 Å². The van der Waals surface area contributed by atoms with Crippen LogP contribution in [-0.2, 0) is 4.79 Å². The number of benzene rings is 1. The first-order chi connectivity index (χ1) is 14.6. The van der Waals surface area contributed by atoms with Crippen LogP contribution in [0.4, 0.5) is 15.8 Å². The molecule has 3 heterocycles. The van der Waals surface area contributed by atoms with Gasteiger partial charge in [-0.3, -0.25) is 19.7 Å². The fraction of sp³-hybridized carbons (Fsp3) is 0.238. The molecule has 3 aromatic rings. The molecule has 154 valence electrons. The summed E-state index contributed by atoms with van der Waals surface area (Å²) in [6, 6.07) is 7.81. The average molecular weight is 408 g/mol. The Kier molecular flexibility index (Phi) is 5.80. The van der Waals surface area contributed by atoms with Crippen LogP contribution in [0.2, 0.25) is 0 Å². The van der Waals surface area contributed by atoms with Gasteiger partial charge in [0.15, 0.2) is 5.69 Å². The Morgan fingerprint density at radius 2 is 1.90 bits per heavy atom. The number of piperidine rings is 1. The van der Waals surface area contributed by atoms with Crippen LogP contribution in [0.1, 0.15) is 23.3 Å². The van der Waals surface area contributed by atoms with Crippen molar-refractivity contribution in [2.45, 2.75) is 12.8 Å². The van der Waals surface area contributed by atoms with Crippen LogP contribution in [0.5, 0.6) is 0 Å². The van der Waals surface area contributed by atoms with Crippen LogP contribution < -0.4 is 16.0 Å². The number of aromatic nitrogens is 3. The lowest BCUT2D eigenvalue weighted by atomic mass is 9.97. The zero-order valence-corrected chi connectivity index (χ0v) is 16.1. The summed E-state index contributed by atoms with van der Waals surface area (Å²) in [4.78, 5) is 29.3. The largest absolute Gasteiger partial charge is 0.323 e. The molecule has 9 heteroatoms. The van der Waals surface area contributed by atoms with Gasteiger partial charge < -0.3 is 16.0 Å². The van der Waals surface area contributed by atoms with Gasteiger partial charge >= 0.3 is 0 Å². The molecule has 1 aliphatic heterocycles. The van der Waals surface area contributed by atoms with E-state index in [1.165, 1.54) is 24.5 Å². The van der Waals surface area contributed by atoms with E-state index in [0.717, 1.165) is 25.9 Å². The first kappa shape index (κ1) is 19.7. The monoisotopic (exact) mass is 408 g/mol. The second kappa shape index (κ2) is 8.83. The molecule has 0 aliphatic carbocycles. The van der Waals surface area contributed by atoms with Crippen LogP contribution in [0, 0.1) is 11.7 Å². The van der Waals surface area contributed by atoms with E-state index in [0.29, 0.717) is 22.5 Å². The highest BCUT2D eigenvalue weighted by atomic mass is 19.1. The number of hydrogen-bond acceptors (Lipinski definition) is 5. The lowest BCUT2D eigenvalue weighted by molar-refractivity contribution is -0.120. The predicted molar refractivity (Wildman–Crippen MR) is 110 cm³/mol. The van der Waals surface area contributed by atoms with Gasteiger partial charge in [-0.1, -0.05) is 12.1 Å². The van der Waals surface area contributed by atoms with Crippen molar-refractivity contribution in [3.8, 4) is 11.1 Å². The Morgan fingerprint density at radius 3 is 2.70 bits per heavy atom. The van der Waals surface area contributed by atoms with Gasteiger partial charge in [0.2, 0.25) is 5.91 Å². The molecule has 0 spiro atoms. The molecule has 0 unspecified atom stereocenters. The Labute approximate surface area is 172 Å². The number of carbonyl (C=O) groups is 2. The first-order valence-electron chi connectivity index (χ1n) is 9.68. The number of nitrogens with one attached hydrogen (secondary N) is 4. The maximum atomic E-state index is 13.5. The van der Waals surface area contributed by atoms with Gasteiger partial charge in [0.05, 0.1) is 17.6 Å². The van der Waals surface area contributed by atoms with Crippen LogP contribution in [-0.4, -0.2) is 40.1 Å². The van der Waals surface area contributed by atoms with E-state index >= 15 is 0 Å². The molecule has 4 N–H and O–H groups in total. The molecule has 0 bridgehead atoms. The van der Waals surface area contributed by atoms with Gasteiger partial charge in [-0.2, -0.15) is 5.10 Å². The number of pyridine rings is 1. The second-order valence-corrected chi connectivity index (χ2v) is 7.09. The smallest absolute Gasteiger partial charge is 0.278 e. The van der Waals surface area contributed by atoms with E-state index in [-0.39, 0.29) is 23.3 Å². The zero-order chi connectivity index (χ0) is 20.9. The molecule has 0 radical (unpaired) electrons. The molecule has 8 nitrogen and oxygen atoms in total. The zero-order valence-electron chi connectivity index (χ0n) is 16.1. The van der Waals surface area contributed by atoms with E-state index in [9.17, 15) is 14.0 Å². The SMILES string of the molecule is O=C(Nc1cncc(-c2cccc(F)c2)c1)c1n[nH]cc1NC(=O)C1CCNCC1. The number of H-pyrrole nitrogens is 1. The summed E-state index contributed by atoms with van der Waals surface area (Å²) < 4.78 is 13.5. The predicted octanol–water partition coefficient (Wildman–Crippen LogP) is 2.80. The molecular weight excluding hydrogens is 387 g/mol.